The van der Waals surface area contributed by atoms with Crippen LogP contribution in [0.5, 0.6) is 0 Å². The van der Waals surface area contributed by atoms with E-state index in [1.54, 1.807) is 65.2 Å². The topological polar surface area (TPSA) is 179 Å². The number of para-hydroxylation sites is 2. The van der Waals surface area contributed by atoms with Crippen LogP contribution in [0.25, 0.3) is 11.0 Å². The number of carbonyl (C=O) groups is 3. The SMILES string of the molecule is N=C(C(N)=NC(=O)CNC(=O)OCc1ccccc1)c1nc2ccccc2n1CC(=O)c1ccc(N)cc1. The number of Topliss-reactive ketones (excluding diaryl/α,β-unsaturated/α-hetero) is 1. The molecule has 0 unspecified atom stereocenters. The number of amidine groups is 1. The van der Waals surface area contributed by atoms with Gasteiger partial charge in [0, 0.05) is 11.3 Å². The maximum atomic E-state index is 13.0. The van der Waals surface area contributed by atoms with Crippen LogP contribution < -0.4 is 16.8 Å². The number of ether oxygens (including phenoxy) is 1. The van der Waals surface area contributed by atoms with E-state index < -0.39 is 24.4 Å². The number of ketones is 1. The molecule has 6 N–H and O–H groups in total. The van der Waals surface area contributed by atoms with E-state index in [0.29, 0.717) is 22.3 Å². The molecule has 38 heavy (non-hydrogen) atoms. The van der Waals surface area contributed by atoms with Crippen LogP contribution in [-0.2, 0) is 22.7 Å². The zero-order chi connectivity index (χ0) is 27.1. The van der Waals surface area contributed by atoms with E-state index in [-0.39, 0.29) is 30.5 Å². The van der Waals surface area contributed by atoms with Gasteiger partial charge < -0.3 is 26.1 Å². The predicted octanol–water partition coefficient (Wildman–Crippen LogP) is 2.68. The van der Waals surface area contributed by atoms with Crippen molar-refractivity contribution in [1.29, 1.82) is 5.41 Å². The molecule has 0 aliphatic carbocycles. The van der Waals surface area contributed by atoms with Gasteiger partial charge in [0.2, 0.25) is 0 Å². The van der Waals surface area contributed by atoms with Crippen LogP contribution in [-0.4, -0.2) is 45.4 Å². The molecule has 0 atom stereocenters. The lowest BCUT2D eigenvalue weighted by atomic mass is 10.1. The molecule has 1 aromatic heterocycles. The van der Waals surface area contributed by atoms with Crippen LogP contribution in [0.15, 0.2) is 83.9 Å². The summed E-state index contributed by atoms with van der Waals surface area (Å²) in [7, 11) is 0. The highest BCUT2D eigenvalue weighted by atomic mass is 16.5. The molecule has 3 aromatic carbocycles. The Hall–Kier alpha value is -5.32. The van der Waals surface area contributed by atoms with Gasteiger partial charge in [-0.1, -0.05) is 42.5 Å². The molecule has 0 saturated heterocycles. The number of anilines is 1. The Morgan fingerprint density at radius 1 is 0.974 bits per heavy atom. The minimum absolute atomic E-state index is 0.0439. The van der Waals surface area contributed by atoms with Crippen molar-refractivity contribution in [2.24, 2.45) is 10.7 Å². The fraction of sp³-hybridized carbons (Fsp3) is 0.111. The number of nitrogens with zero attached hydrogens (tertiary/aromatic N) is 3. The lowest BCUT2D eigenvalue weighted by Crippen LogP contribution is -2.33. The van der Waals surface area contributed by atoms with E-state index >= 15 is 0 Å². The van der Waals surface area contributed by atoms with E-state index in [9.17, 15) is 14.4 Å². The third-order valence-corrected chi connectivity index (χ3v) is 5.51. The number of aliphatic imine (C=N–C) groups is 1. The number of imidazole rings is 1. The average molecular weight is 512 g/mol. The highest BCUT2D eigenvalue weighted by Crippen LogP contribution is 2.18. The highest BCUT2D eigenvalue weighted by Gasteiger charge is 2.20. The average Bonchev–Trinajstić information content (AvgIpc) is 3.29. The summed E-state index contributed by atoms with van der Waals surface area (Å²) in [6, 6.07) is 22.6. The summed E-state index contributed by atoms with van der Waals surface area (Å²) in [5.41, 5.74) is 14.2. The molecule has 192 valence electrons. The second kappa shape index (κ2) is 11.6. The Balaban J connectivity index is 1.45. The molecule has 4 aromatic rings. The molecule has 0 radical (unpaired) electrons. The number of hydrogen-bond donors (Lipinski definition) is 4. The molecule has 0 aliphatic heterocycles. The molecule has 4 rings (SSSR count). The van der Waals surface area contributed by atoms with E-state index in [0.717, 1.165) is 5.56 Å². The number of fused-ring (bicyclic) bond motifs is 1. The van der Waals surface area contributed by atoms with Crippen molar-refractivity contribution in [3.05, 3.63) is 95.8 Å². The number of nitrogen functional groups attached to an aromatic ring is 1. The summed E-state index contributed by atoms with van der Waals surface area (Å²) < 4.78 is 6.60. The second-order valence-corrected chi connectivity index (χ2v) is 8.24. The quantitative estimate of drug-likeness (QED) is 0.115. The normalized spacial score (nSPS) is 11.2. The lowest BCUT2D eigenvalue weighted by molar-refractivity contribution is -0.116. The first-order chi connectivity index (χ1) is 18.3. The Kier molecular flexibility index (Phi) is 7.87. The van der Waals surface area contributed by atoms with Gasteiger partial charge in [0.25, 0.3) is 5.91 Å². The lowest BCUT2D eigenvalue weighted by Gasteiger charge is -2.10. The van der Waals surface area contributed by atoms with Gasteiger partial charge in [0.15, 0.2) is 17.4 Å². The molecular formula is C27H25N7O4. The summed E-state index contributed by atoms with van der Waals surface area (Å²) in [5.74, 6) is -1.36. The van der Waals surface area contributed by atoms with Crippen LogP contribution in [0.2, 0.25) is 0 Å². The van der Waals surface area contributed by atoms with Gasteiger partial charge in [-0.25, -0.2) is 9.78 Å². The third-order valence-electron chi connectivity index (χ3n) is 5.51. The summed E-state index contributed by atoms with van der Waals surface area (Å²) in [5, 5.41) is 10.8. The maximum absolute atomic E-state index is 13.0. The fourth-order valence-corrected chi connectivity index (χ4v) is 3.60. The number of amides is 2. The Morgan fingerprint density at radius 2 is 1.66 bits per heavy atom. The Labute approximate surface area is 217 Å². The second-order valence-electron chi connectivity index (χ2n) is 8.24. The Bertz CT molecular complexity index is 1530. The van der Waals surface area contributed by atoms with E-state index in [2.05, 4.69) is 15.3 Å². The van der Waals surface area contributed by atoms with Crippen LogP contribution in [0, 0.1) is 5.41 Å². The van der Waals surface area contributed by atoms with Gasteiger partial charge in [-0.05, 0) is 42.0 Å². The molecule has 0 spiro atoms. The molecular weight excluding hydrogens is 486 g/mol. The minimum atomic E-state index is -0.797. The zero-order valence-electron chi connectivity index (χ0n) is 20.3. The number of nitrogens with two attached hydrogens (primary N) is 2. The van der Waals surface area contributed by atoms with Crippen LogP contribution in [0.4, 0.5) is 10.5 Å². The summed E-state index contributed by atoms with van der Waals surface area (Å²) in [6.07, 6.45) is -0.797. The Morgan fingerprint density at radius 3 is 2.39 bits per heavy atom. The molecule has 11 nitrogen and oxygen atoms in total. The molecule has 2 amide bonds. The number of carbonyl (C=O) groups excluding carboxylic acids is 3. The van der Waals surface area contributed by atoms with Crippen molar-refractivity contribution in [2.75, 3.05) is 12.3 Å². The molecule has 0 fully saturated rings. The van der Waals surface area contributed by atoms with Crippen molar-refractivity contribution >= 4 is 46.1 Å². The third kappa shape index (κ3) is 6.26. The largest absolute Gasteiger partial charge is 0.445 e. The summed E-state index contributed by atoms with van der Waals surface area (Å²) >= 11 is 0. The van der Waals surface area contributed by atoms with Crippen LogP contribution in [0.1, 0.15) is 21.7 Å². The van der Waals surface area contributed by atoms with Gasteiger partial charge in [-0.15, -0.1) is 0 Å². The van der Waals surface area contributed by atoms with Gasteiger partial charge >= 0.3 is 6.09 Å². The van der Waals surface area contributed by atoms with Gasteiger partial charge in [-0.3, -0.25) is 15.0 Å². The number of alkyl carbamates (subject to hydrolysis) is 1. The highest BCUT2D eigenvalue weighted by molar-refractivity contribution is 6.46. The molecule has 11 heteroatoms. The van der Waals surface area contributed by atoms with Gasteiger partial charge in [0.05, 0.1) is 17.6 Å². The molecule has 1 heterocycles. The van der Waals surface area contributed by atoms with Crippen LogP contribution >= 0.6 is 0 Å². The van der Waals surface area contributed by atoms with Crippen molar-refractivity contribution in [3.63, 3.8) is 0 Å². The first-order valence-electron chi connectivity index (χ1n) is 11.6. The maximum Gasteiger partial charge on any atom is 0.407 e. The monoisotopic (exact) mass is 511 g/mol. The molecule has 0 aliphatic rings. The van der Waals surface area contributed by atoms with Gasteiger partial charge in [0.1, 0.15) is 18.9 Å². The smallest absolute Gasteiger partial charge is 0.407 e. The number of benzene rings is 3. The fourth-order valence-electron chi connectivity index (χ4n) is 3.60. The summed E-state index contributed by atoms with van der Waals surface area (Å²) in [6.45, 7) is -0.561. The summed E-state index contributed by atoms with van der Waals surface area (Å²) in [4.78, 5) is 45.3. The first kappa shape index (κ1) is 25.8. The van der Waals surface area contributed by atoms with Crippen molar-refractivity contribution in [3.8, 4) is 0 Å². The van der Waals surface area contributed by atoms with Crippen molar-refractivity contribution < 1.29 is 19.1 Å². The predicted molar refractivity (Wildman–Crippen MR) is 143 cm³/mol. The molecule has 0 bridgehead atoms. The number of nitrogens with one attached hydrogen (secondary N) is 2. The number of rotatable bonds is 9. The minimum Gasteiger partial charge on any atom is -0.445 e. The van der Waals surface area contributed by atoms with Crippen LogP contribution in [0.3, 0.4) is 0 Å². The van der Waals surface area contributed by atoms with E-state index in [1.807, 2.05) is 18.2 Å². The first-order valence-corrected chi connectivity index (χ1v) is 11.6. The molecule has 0 saturated carbocycles. The standard InChI is InChI=1S/C27H25N7O4/c28-19-12-10-18(11-13-19)22(35)15-34-21-9-5-4-8-20(21)32-26(34)24(29)25(30)33-23(36)14-31-27(37)38-16-17-6-2-1-3-7-17/h1-13,29H,14-16,28H2,(H,31,37)(H2,30,33,36). The number of hydrogen-bond acceptors (Lipinski definition) is 7. The van der Waals surface area contributed by atoms with Gasteiger partial charge in [-0.2, -0.15) is 4.99 Å². The van der Waals surface area contributed by atoms with Crippen molar-refractivity contribution in [2.45, 2.75) is 13.2 Å². The van der Waals surface area contributed by atoms with Crippen molar-refractivity contribution in [1.82, 2.24) is 14.9 Å². The number of aromatic nitrogens is 2. The zero-order valence-corrected chi connectivity index (χ0v) is 20.3. The van der Waals surface area contributed by atoms with E-state index in [1.165, 1.54) is 0 Å². The van der Waals surface area contributed by atoms with E-state index in [4.69, 9.17) is 21.6 Å².